The molecule has 102 valence electrons. The average molecular weight is 280 g/mol. The molecule has 0 aliphatic heterocycles. The van der Waals surface area contributed by atoms with Crippen molar-refractivity contribution in [1.29, 1.82) is 0 Å². The third kappa shape index (κ3) is 2.16. The molecule has 0 amide bonds. The van der Waals surface area contributed by atoms with Crippen LogP contribution < -0.4 is 5.56 Å². The molecule has 0 atom stereocenters. The Morgan fingerprint density at radius 2 is 1.84 bits per heavy atom. The number of nitrogens with one attached hydrogen (secondary N) is 1. The molecule has 19 heavy (non-hydrogen) atoms. The molecule has 0 radical (unpaired) electrons. The Morgan fingerprint density at radius 3 is 2.42 bits per heavy atom. The number of hydrogen-bond donors (Lipinski definition) is 1. The van der Waals surface area contributed by atoms with Crippen LogP contribution in [0.4, 0.5) is 0 Å². The van der Waals surface area contributed by atoms with Gasteiger partial charge in [0.2, 0.25) is 0 Å². The number of hydrogen-bond acceptors (Lipinski definition) is 4. The summed E-state index contributed by atoms with van der Waals surface area (Å²) in [5, 5.41) is 0.288. The van der Waals surface area contributed by atoms with Crippen molar-refractivity contribution >= 4 is 20.7 Å². The van der Waals surface area contributed by atoms with E-state index in [1.807, 2.05) is 0 Å². The van der Waals surface area contributed by atoms with E-state index in [2.05, 4.69) is 9.97 Å². The highest BCUT2D eigenvalue weighted by atomic mass is 32.2. The number of aryl methyl sites for hydroxylation is 1. The molecule has 1 N–H and O–H groups in total. The molecule has 0 saturated carbocycles. The summed E-state index contributed by atoms with van der Waals surface area (Å²) in [5.41, 5.74) is 0.755. The van der Waals surface area contributed by atoms with Crippen LogP contribution in [0.2, 0.25) is 0 Å². The minimum Gasteiger partial charge on any atom is -0.313 e. The summed E-state index contributed by atoms with van der Waals surface area (Å²) >= 11 is 0. The maximum atomic E-state index is 12.5. The Bertz CT molecular complexity index is 799. The molecule has 6 heteroatoms. The van der Waals surface area contributed by atoms with Gasteiger partial charge < -0.3 is 4.98 Å². The second-order valence-corrected chi connectivity index (χ2v) is 8.15. The fourth-order valence-corrected chi connectivity index (χ4v) is 3.23. The van der Waals surface area contributed by atoms with Crippen molar-refractivity contribution in [1.82, 2.24) is 9.97 Å². The number of aromatic nitrogens is 2. The van der Waals surface area contributed by atoms with E-state index in [0.717, 1.165) is 0 Å². The fourth-order valence-electron chi connectivity index (χ4n) is 1.82. The summed E-state index contributed by atoms with van der Waals surface area (Å²) in [6.07, 6.45) is 1.31. The number of fused-ring (bicyclic) bond motifs is 1. The summed E-state index contributed by atoms with van der Waals surface area (Å²) in [4.78, 5) is 18.4. The van der Waals surface area contributed by atoms with Gasteiger partial charge in [0.15, 0.2) is 9.84 Å². The van der Waals surface area contributed by atoms with Crippen molar-refractivity contribution in [3.63, 3.8) is 0 Å². The number of H-pyrrole nitrogens is 1. The number of nitrogens with zero attached hydrogens (tertiary/aromatic N) is 1. The molecule has 5 nitrogen and oxygen atoms in total. The molecule has 2 aromatic rings. The molecule has 0 bridgehead atoms. The van der Waals surface area contributed by atoms with E-state index in [1.165, 1.54) is 12.4 Å². The molecule has 0 spiro atoms. The third-order valence-corrected chi connectivity index (χ3v) is 5.66. The van der Waals surface area contributed by atoms with Gasteiger partial charge in [0.05, 0.1) is 26.9 Å². The molecular weight excluding hydrogens is 264 g/mol. The van der Waals surface area contributed by atoms with Crippen LogP contribution in [0.25, 0.3) is 10.9 Å². The first kappa shape index (κ1) is 13.7. The lowest BCUT2D eigenvalue weighted by Gasteiger charge is -2.20. The smallest absolute Gasteiger partial charge is 0.258 e. The molecule has 2 rings (SSSR count). The van der Waals surface area contributed by atoms with Crippen LogP contribution in [-0.2, 0) is 9.84 Å². The van der Waals surface area contributed by atoms with Crippen LogP contribution in [-0.4, -0.2) is 23.1 Å². The van der Waals surface area contributed by atoms with E-state index in [4.69, 9.17) is 0 Å². The van der Waals surface area contributed by atoms with Crippen LogP contribution in [0, 0.1) is 6.92 Å². The summed E-state index contributed by atoms with van der Waals surface area (Å²) in [7, 11) is -3.50. The van der Waals surface area contributed by atoms with Crippen LogP contribution in [0.3, 0.4) is 0 Å². The lowest BCUT2D eigenvalue weighted by atomic mass is 10.2. The number of rotatable bonds is 1. The van der Waals surface area contributed by atoms with Crippen molar-refractivity contribution in [2.75, 3.05) is 0 Å². The summed E-state index contributed by atoms with van der Waals surface area (Å²) in [5.74, 6) is 0. The van der Waals surface area contributed by atoms with E-state index in [1.54, 1.807) is 33.8 Å². The zero-order valence-electron chi connectivity index (χ0n) is 11.3. The Hall–Kier alpha value is -1.69. The zero-order valence-corrected chi connectivity index (χ0v) is 12.1. The van der Waals surface area contributed by atoms with E-state index in [0.29, 0.717) is 11.1 Å². The van der Waals surface area contributed by atoms with Gasteiger partial charge in [-0.15, -0.1) is 0 Å². The first-order valence-electron chi connectivity index (χ1n) is 5.87. The largest absolute Gasteiger partial charge is 0.313 e. The summed E-state index contributed by atoms with van der Waals surface area (Å²) in [6, 6.07) is 3.04. The van der Waals surface area contributed by atoms with Gasteiger partial charge in [-0.25, -0.2) is 13.4 Å². The monoisotopic (exact) mass is 280 g/mol. The van der Waals surface area contributed by atoms with E-state index in [-0.39, 0.29) is 15.8 Å². The molecule has 0 saturated heterocycles. The minimum absolute atomic E-state index is 0.186. The predicted octanol–water partition coefficient (Wildman–Crippen LogP) is 1.80. The Labute approximate surface area is 111 Å². The molecule has 0 fully saturated rings. The van der Waals surface area contributed by atoms with Gasteiger partial charge in [0.25, 0.3) is 5.56 Å². The average Bonchev–Trinajstić information content (AvgIpc) is 2.26. The first-order chi connectivity index (χ1) is 8.64. The van der Waals surface area contributed by atoms with Gasteiger partial charge in [0, 0.05) is 0 Å². The molecule has 0 aliphatic rings. The highest BCUT2D eigenvalue weighted by molar-refractivity contribution is 7.92. The van der Waals surface area contributed by atoms with Crippen molar-refractivity contribution in [2.24, 2.45) is 0 Å². The molecule has 1 aromatic carbocycles. The van der Waals surface area contributed by atoms with Crippen molar-refractivity contribution in [3.8, 4) is 0 Å². The quantitative estimate of drug-likeness (QED) is 0.863. The Morgan fingerprint density at radius 1 is 1.21 bits per heavy atom. The van der Waals surface area contributed by atoms with Gasteiger partial charge in [-0.05, 0) is 45.4 Å². The zero-order chi connectivity index (χ0) is 14.4. The van der Waals surface area contributed by atoms with Crippen LogP contribution in [0.5, 0.6) is 0 Å². The van der Waals surface area contributed by atoms with Crippen LogP contribution in [0.1, 0.15) is 26.3 Å². The van der Waals surface area contributed by atoms with Gasteiger partial charge >= 0.3 is 0 Å². The standard InChI is InChI=1S/C13H16N2O3S/c1-8-5-10-9(12(16)15-7-14-10)6-11(8)19(17,18)13(2,3)4/h5-7H,1-4H3,(H,14,15,16). The van der Waals surface area contributed by atoms with Crippen molar-refractivity contribution in [2.45, 2.75) is 37.3 Å². The van der Waals surface area contributed by atoms with Crippen molar-refractivity contribution in [3.05, 3.63) is 34.4 Å². The SMILES string of the molecule is Cc1cc2nc[nH]c(=O)c2cc1S(=O)(=O)C(C)(C)C. The molecule has 0 unspecified atom stereocenters. The molecule has 1 heterocycles. The number of benzene rings is 1. The lowest BCUT2D eigenvalue weighted by Crippen LogP contribution is -2.28. The summed E-state index contributed by atoms with van der Waals surface area (Å²) in [6.45, 7) is 6.62. The highest BCUT2D eigenvalue weighted by Gasteiger charge is 2.32. The maximum Gasteiger partial charge on any atom is 0.258 e. The molecule has 1 aromatic heterocycles. The van der Waals surface area contributed by atoms with Gasteiger partial charge in [-0.2, -0.15) is 0 Å². The van der Waals surface area contributed by atoms with E-state index in [9.17, 15) is 13.2 Å². The molecule has 0 aliphatic carbocycles. The molecular formula is C13H16N2O3S. The van der Waals surface area contributed by atoms with E-state index < -0.39 is 14.6 Å². The second kappa shape index (κ2) is 4.16. The predicted molar refractivity (Wildman–Crippen MR) is 74.0 cm³/mol. The van der Waals surface area contributed by atoms with Crippen LogP contribution >= 0.6 is 0 Å². The highest BCUT2D eigenvalue weighted by Crippen LogP contribution is 2.29. The van der Waals surface area contributed by atoms with Gasteiger partial charge in [-0.1, -0.05) is 0 Å². The van der Waals surface area contributed by atoms with Crippen LogP contribution in [0.15, 0.2) is 28.2 Å². The number of sulfone groups is 1. The fraction of sp³-hybridized carbons (Fsp3) is 0.385. The maximum absolute atomic E-state index is 12.5. The number of aromatic amines is 1. The van der Waals surface area contributed by atoms with Gasteiger partial charge in [0.1, 0.15) is 0 Å². The third-order valence-electron chi connectivity index (χ3n) is 3.03. The van der Waals surface area contributed by atoms with E-state index >= 15 is 0 Å². The topological polar surface area (TPSA) is 79.9 Å². The van der Waals surface area contributed by atoms with Gasteiger partial charge in [-0.3, -0.25) is 4.79 Å². The Kier molecular flexibility index (Phi) is 3.01. The summed E-state index contributed by atoms with van der Waals surface area (Å²) < 4.78 is 24.1. The second-order valence-electron chi connectivity index (χ2n) is 5.48. The minimum atomic E-state index is -3.50. The van der Waals surface area contributed by atoms with Crippen molar-refractivity contribution < 1.29 is 8.42 Å². The normalized spacial score (nSPS) is 12.8. The Balaban J connectivity index is 2.87. The first-order valence-corrected chi connectivity index (χ1v) is 7.35. The lowest BCUT2D eigenvalue weighted by molar-refractivity contribution is 0.559.